The molecule has 0 bridgehead atoms. The van der Waals surface area contributed by atoms with E-state index in [0.29, 0.717) is 5.41 Å². The van der Waals surface area contributed by atoms with Crippen molar-refractivity contribution in [3.05, 3.63) is 0 Å². The van der Waals surface area contributed by atoms with Crippen molar-refractivity contribution in [2.45, 2.75) is 38.2 Å². The molecule has 0 aromatic rings. The summed E-state index contributed by atoms with van der Waals surface area (Å²) in [7, 11) is 0. The van der Waals surface area contributed by atoms with E-state index in [9.17, 15) is 5.11 Å². The van der Waals surface area contributed by atoms with Crippen LogP contribution in [0.2, 0.25) is 0 Å². The molecule has 0 aromatic heterocycles. The third-order valence-corrected chi connectivity index (χ3v) is 3.95. The number of hydrogen-bond acceptors (Lipinski definition) is 2. The lowest BCUT2D eigenvalue weighted by atomic mass is 9.57. The topological polar surface area (TPSA) is 23.5 Å². The summed E-state index contributed by atoms with van der Waals surface area (Å²) in [4.78, 5) is 0. The van der Waals surface area contributed by atoms with Crippen molar-refractivity contribution in [1.82, 2.24) is 3.11 Å². The molecule has 70 valence electrons. The first-order chi connectivity index (χ1) is 5.52. The predicted molar refractivity (Wildman–Crippen MR) is 57.1 cm³/mol. The van der Waals surface area contributed by atoms with Crippen LogP contribution in [0.15, 0.2) is 0 Å². The molecule has 1 aliphatic carbocycles. The van der Waals surface area contributed by atoms with Crippen LogP contribution in [-0.2, 0) is 0 Å². The third kappa shape index (κ3) is 1.63. The van der Waals surface area contributed by atoms with Crippen molar-refractivity contribution in [2.75, 3.05) is 13.1 Å². The Bertz CT molecular complexity index is 179. The normalized spacial score (nSPS) is 49.2. The van der Waals surface area contributed by atoms with Gasteiger partial charge in [0.05, 0.1) is 5.60 Å². The van der Waals surface area contributed by atoms with E-state index in [-0.39, 0.29) is 5.60 Å². The molecule has 1 heterocycles. The molecule has 1 saturated heterocycles. The van der Waals surface area contributed by atoms with Crippen LogP contribution in [0.1, 0.15) is 32.6 Å². The highest BCUT2D eigenvalue weighted by Gasteiger charge is 2.51. The van der Waals surface area contributed by atoms with Gasteiger partial charge in [0.2, 0.25) is 0 Å². The fourth-order valence-corrected chi connectivity index (χ4v) is 4.07. The lowest BCUT2D eigenvalue weighted by molar-refractivity contribution is -0.130. The molecule has 0 radical (unpaired) electrons. The number of piperidine rings is 1. The Balaban J connectivity index is 1.96. The van der Waals surface area contributed by atoms with Crippen LogP contribution in [-0.4, -0.2) is 26.9 Å². The van der Waals surface area contributed by atoms with Crippen LogP contribution in [0, 0.1) is 5.41 Å². The minimum absolute atomic E-state index is 0.352. The second-order valence-corrected chi connectivity index (χ2v) is 6.16. The van der Waals surface area contributed by atoms with Crippen molar-refractivity contribution in [2.24, 2.45) is 5.41 Å². The van der Waals surface area contributed by atoms with E-state index in [1.54, 1.807) is 0 Å². The summed E-state index contributed by atoms with van der Waals surface area (Å²) in [5, 5.41) is 9.70. The van der Waals surface area contributed by atoms with E-state index in [1.165, 1.54) is 25.9 Å². The highest BCUT2D eigenvalue weighted by molar-refractivity contribution is 14.1. The summed E-state index contributed by atoms with van der Waals surface area (Å²) in [6, 6.07) is 0. The SMILES string of the molecule is CC1(O)CC2(CCCN(I)C2)C1. The molecule has 0 aromatic carbocycles. The summed E-state index contributed by atoms with van der Waals surface area (Å²) >= 11 is 2.40. The number of rotatable bonds is 0. The zero-order valence-electron chi connectivity index (χ0n) is 7.52. The van der Waals surface area contributed by atoms with Crippen LogP contribution in [0.25, 0.3) is 0 Å². The van der Waals surface area contributed by atoms with Crippen LogP contribution in [0.4, 0.5) is 0 Å². The maximum absolute atomic E-state index is 9.70. The molecule has 2 fully saturated rings. The summed E-state index contributed by atoms with van der Waals surface area (Å²) < 4.78 is 2.37. The minimum atomic E-state index is -0.352. The number of halogens is 1. The fourth-order valence-electron chi connectivity index (χ4n) is 3.00. The molecule has 0 atom stereocenters. The Morgan fingerprint density at radius 3 is 2.58 bits per heavy atom. The van der Waals surface area contributed by atoms with Gasteiger partial charge < -0.3 is 5.11 Å². The first-order valence-electron chi connectivity index (χ1n) is 4.65. The number of hydrogen-bond donors (Lipinski definition) is 1. The Morgan fingerprint density at radius 1 is 1.42 bits per heavy atom. The van der Waals surface area contributed by atoms with Gasteiger partial charge in [0.1, 0.15) is 0 Å². The molecule has 1 spiro atoms. The van der Waals surface area contributed by atoms with Crippen LogP contribution < -0.4 is 0 Å². The van der Waals surface area contributed by atoms with Crippen molar-refractivity contribution < 1.29 is 5.11 Å². The van der Waals surface area contributed by atoms with E-state index in [1.807, 2.05) is 6.92 Å². The summed E-state index contributed by atoms with van der Waals surface area (Å²) in [5.41, 5.74) is 0.123. The van der Waals surface area contributed by atoms with Crippen LogP contribution >= 0.6 is 22.9 Å². The Labute approximate surface area is 87.8 Å². The molecular weight excluding hydrogens is 265 g/mol. The molecular formula is C9H16INO. The third-order valence-electron chi connectivity index (χ3n) is 3.13. The van der Waals surface area contributed by atoms with Gasteiger partial charge in [0.15, 0.2) is 0 Å². The molecule has 0 unspecified atom stereocenters. The maximum atomic E-state index is 9.70. The number of nitrogens with zero attached hydrogens (tertiary/aromatic N) is 1. The summed E-state index contributed by atoms with van der Waals surface area (Å²) in [6.07, 6.45) is 4.65. The highest BCUT2D eigenvalue weighted by atomic mass is 127. The summed E-state index contributed by atoms with van der Waals surface area (Å²) in [5.74, 6) is 0. The predicted octanol–water partition coefficient (Wildman–Crippen LogP) is 1.96. The quantitative estimate of drug-likeness (QED) is 0.542. The van der Waals surface area contributed by atoms with Crippen molar-refractivity contribution in [3.8, 4) is 0 Å². The standard InChI is InChI=1S/C9H16INO/c1-8(12)5-9(6-8)3-2-4-11(10)7-9/h12H,2-7H2,1H3. The Kier molecular flexibility index (Phi) is 2.16. The van der Waals surface area contributed by atoms with Gasteiger partial charge >= 0.3 is 0 Å². The maximum Gasteiger partial charge on any atom is 0.0631 e. The smallest absolute Gasteiger partial charge is 0.0631 e. The van der Waals surface area contributed by atoms with Gasteiger partial charge in [-0.05, 0) is 38.0 Å². The zero-order chi connectivity index (χ0) is 8.82. The molecule has 3 heteroatoms. The zero-order valence-corrected chi connectivity index (χ0v) is 9.67. The van der Waals surface area contributed by atoms with Gasteiger partial charge in [0, 0.05) is 36.0 Å². The Hall–Kier alpha value is 0.650. The minimum Gasteiger partial charge on any atom is -0.390 e. The van der Waals surface area contributed by atoms with Crippen LogP contribution in [0.5, 0.6) is 0 Å². The van der Waals surface area contributed by atoms with E-state index in [0.717, 1.165) is 12.8 Å². The van der Waals surface area contributed by atoms with E-state index in [4.69, 9.17) is 0 Å². The number of aliphatic hydroxyl groups is 1. The largest absolute Gasteiger partial charge is 0.390 e. The van der Waals surface area contributed by atoms with Crippen molar-refractivity contribution in [3.63, 3.8) is 0 Å². The fraction of sp³-hybridized carbons (Fsp3) is 1.00. The molecule has 2 aliphatic rings. The molecule has 1 aliphatic heterocycles. The lowest BCUT2D eigenvalue weighted by Gasteiger charge is -2.55. The first kappa shape index (κ1) is 9.21. The van der Waals surface area contributed by atoms with Gasteiger partial charge in [-0.15, -0.1) is 0 Å². The molecule has 2 nitrogen and oxygen atoms in total. The van der Waals surface area contributed by atoms with Crippen molar-refractivity contribution in [1.29, 1.82) is 0 Å². The van der Waals surface area contributed by atoms with Gasteiger partial charge in [0.25, 0.3) is 0 Å². The Morgan fingerprint density at radius 2 is 2.08 bits per heavy atom. The second kappa shape index (κ2) is 2.82. The van der Waals surface area contributed by atoms with Gasteiger partial charge in [-0.1, -0.05) is 0 Å². The lowest BCUT2D eigenvalue weighted by Crippen LogP contribution is -2.55. The first-order valence-corrected chi connectivity index (χ1v) is 5.61. The molecule has 1 N–H and O–H groups in total. The molecule has 2 rings (SSSR count). The van der Waals surface area contributed by atoms with Crippen molar-refractivity contribution >= 4 is 22.9 Å². The molecule has 0 amide bonds. The van der Waals surface area contributed by atoms with Gasteiger partial charge in [-0.25, -0.2) is 3.11 Å². The second-order valence-electron chi connectivity index (χ2n) is 4.80. The van der Waals surface area contributed by atoms with Gasteiger partial charge in [-0.3, -0.25) is 0 Å². The van der Waals surface area contributed by atoms with Crippen LogP contribution in [0.3, 0.4) is 0 Å². The van der Waals surface area contributed by atoms with E-state index >= 15 is 0 Å². The highest BCUT2D eigenvalue weighted by Crippen LogP contribution is 2.53. The monoisotopic (exact) mass is 281 g/mol. The average molecular weight is 281 g/mol. The average Bonchev–Trinajstić information content (AvgIpc) is 1.81. The van der Waals surface area contributed by atoms with E-state index < -0.39 is 0 Å². The molecule has 1 saturated carbocycles. The summed E-state index contributed by atoms with van der Waals surface area (Å²) in [6.45, 7) is 4.37. The molecule has 12 heavy (non-hydrogen) atoms. The van der Waals surface area contributed by atoms with E-state index in [2.05, 4.69) is 26.0 Å². The van der Waals surface area contributed by atoms with Gasteiger partial charge in [-0.2, -0.15) is 0 Å².